The van der Waals surface area contributed by atoms with Crippen molar-refractivity contribution >= 4 is 9.39 Å². The number of nitrogens with zero attached hydrogens (tertiary/aromatic N) is 4. The van der Waals surface area contributed by atoms with Crippen LogP contribution in [0.25, 0.3) is 0 Å². The van der Waals surface area contributed by atoms with Crippen LogP contribution in [-0.4, -0.2) is 20.0 Å². The van der Waals surface area contributed by atoms with Crippen LogP contribution in [0.15, 0.2) is 0 Å². The van der Waals surface area contributed by atoms with E-state index in [1.807, 2.05) is 6.92 Å². The van der Waals surface area contributed by atoms with Crippen LogP contribution in [0.3, 0.4) is 0 Å². The second kappa shape index (κ2) is 1.54. The molecule has 1 heterocycles. The van der Waals surface area contributed by atoms with Crippen LogP contribution in [0.4, 0.5) is 0 Å². The van der Waals surface area contributed by atoms with Gasteiger partial charge in [0, 0.05) is 0 Å². The van der Waals surface area contributed by atoms with Gasteiger partial charge in [-0.1, -0.05) is 0 Å². The molecule has 0 spiro atoms. The summed E-state index contributed by atoms with van der Waals surface area (Å²) in [7, 11) is 2.35. The van der Waals surface area contributed by atoms with Crippen molar-refractivity contribution in [2.45, 2.75) is 6.92 Å². The molecular formula is C2H5N4P. The third-order valence-corrected chi connectivity index (χ3v) is 1.13. The molecule has 38 valence electrons. The Morgan fingerprint density at radius 1 is 1.71 bits per heavy atom. The minimum Gasteiger partial charge on any atom is -0.216 e. The molecule has 0 bridgehead atoms. The molecule has 1 aromatic rings. The molecule has 7 heavy (non-hydrogen) atoms. The van der Waals surface area contributed by atoms with Crippen molar-refractivity contribution in [3.8, 4) is 0 Å². The number of aryl methyl sites for hydroxylation is 1. The molecule has 0 saturated heterocycles. The van der Waals surface area contributed by atoms with Gasteiger partial charge >= 0.3 is 0 Å². The highest BCUT2D eigenvalue weighted by Gasteiger charge is 1.87. The quantitative estimate of drug-likeness (QED) is 0.434. The molecule has 1 aromatic heterocycles. The lowest BCUT2D eigenvalue weighted by Gasteiger charge is -1.81. The van der Waals surface area contributed by atoms with Gasteiger partial charge in [0.2, 0.25) is 0 Å². The first-order valence-electron chi connectivity index (χ1n) is 1.81. The molecule has 4 nitrogen and oxygen atoms in total. The molecule has 1 rings (SSSR count). The van der Waals surface area contributed by atoms with Crippen LogP contribution in [-0.2, 0) is 0 Å². The van der Waals surface area contributed by atoms with Crippen molar-refractivity contribution in [1.29, 1.82) is 0 Å². The summed E-state index contributed by atoms with van der Waals surface area (Å²) in [6.45, 7) is 1.83. The lowest BCUT2D eigenvalue weighted by molar-refractivity contribution is 0.851. The first-order valence-corrected chi connectivity index (χ1v) is 2.32. The van der Waals surface area contributed by atoms with Gasteiger partial charge in [0.25, 0.3) is 0 Å². The molecule has 0 saturated carbocycles. The standard InChI is InChI=1S/C2H5N4P/c1-2-3-4-5-6(2)7/h7H2,1H3. The fourth-order valence-electron chi connectivity index (χ4n) is 0.238. The predicted octanol–water partition coefficient (Wildman–Crippen LogP) is -0.380. The zero-order chi connectivity index (χ0) is 5.28. The van der Waals surface area contributed by atoms with Crippen LogP contribution in [0.2, 0.25) is 0 Å². The molecule has 0 aliphatic rings. The minimum absolute atomic E-state index is 0.796. The molecule has 5 heteroatoms. The van der Waals surface area contributed by atoms with E-state index in [2.05, 4.69) is 24.9 Å². The van der Waals surface area contributed by atoms with Crippen molar-refractivity contribution in [3.05, 3.63) is 5.82 Å². The van der Waals surface area contributed by atoms with Gasteiger partial charge in [-0.3, -0.25) is 0 Å². The zero-order valence-corrected chi connectivity index (χ0v) is 5.02. The molecule has 0 N–H and O–H groups in total. The largest absolute Gasteiger partial charge is 0.216 e. The summed E-state index contributed by atoms with van der Waals surface area (Å²) in [6.07, 6.45) is 0. The molecular weight excluding hydrogens is 111 g/mol. The summed E-state index contributed by atoms with van der Waals surface area (Å²) in [6, 6.07) is 0. The van der Waals surface area contributed by atoms with Crippen LogP contribution >= 0.6 is 9.39 Å². The smallest absolute Gasteiger partial charge is 0.151 e. The van der Waals surface area contributed by atoms with Gasteiger partial charge in [0.05, 0.1) is 0 Å². The number of hydrogen-bond acceptors (Lipinski definition) is 3. The highest BCUT2D eigenvalue weighted by molar-refractivity contribution is 7.14. The summed E-state index contributed by atoms with van der Waals surface area (Å²) < 4.78 is 1.53. The number of tetrazole rings is 1. The molecule has 0 fully saturated rings. The molecule has 0 amide bonds. The van der Waals surface area contributed by atoms with Gasteiger partial charge in [-0.25, -0.2) is 4.45 Å². The highest BCUT2D eigenvalue weighted by Crippen LogP contribution is 1.90. The molecule has 0 aliphatic heterocycles. The van der Waals surface area contributed by atoms with Gasteiger partial charge in [-0.2, -0.15) is 0 Å². The zero-order valence-electron chi connectivity index (χ0n) is 3.87. The topological polar surface area (TPSA) is 43.6 Å². The Labute approximate surface area is 43.2 Å². The number of rotatable bonds is 0. The van der Waals surface area contributed by atoms with Gasteiger partial charge in [-0.05, 0) is 26.7 Å². The van der Waals surface area contributed by atoms with E-state index in [-0.39, 0.29) is 0 Å². The van der Waals surface area contributed by atoms with Crippen molar-refractivity contribution in [2.75, 3.05) is 0 Å². The van der Waals surface area contributed by atoms with E-state index in [0.717, 1.165) is 5.82 Å². The fourth-order valence-corrected chi connectivity index (χ4v) is 0.336. The van der Waals surface area contributed by atoms with Crippen molar-refractivity contribution in [2.24, 2.45) is 0 Å². The summed E-state index contributed by atoms with van der Waals surface area (Å²) in [5.41, 5.74) is 0. The Morgan fingerprint density at radius 3 is 2.57 bits per heavy atom. The van der Waals surface area contributed by atoms with E-state index >= 15 is 0 Å². The Morgan fingerprint density at radius 2 is 2.43 bits per heavy atom. The maximum atomic E-state index is 3.60. The summed E-state index contributed by atoms with van der Waals surface area (Å²) >= 11 is 0. The summed E-state index contributed by atoms with van der Waals surface area (Å²) in [4.78, 5) is 0. The van der Waals surface area contributed by atoms with Crippen molar-refractivity contribution in [1.82, 2.24) is 20.0 Å². The Kier molecular flexibility index (Phi) is 1.02. The second-order valence-corrected chi connectivity index (χ2v) is 1.66. The normalized spacial score (nSPS) is 9.43. The Bertz CT molecular complexity index is 142. The summed E-state index contributed by atoms with van der Waals surface area (Å²) in [5.74, 6) is 0.796. The number of hydrogen-bond donors (Lipinski definition) is 0. The van der Waals surface area contributed by atoms with Crippen LogP contribution < -0.4 is 0 Å². The average molecular weight is 116 g/mol. The van der Waals surface area contributed by atoms with Gasteiger partial charge < -0.3 is 0 Å². The first kappa shape index (κ1) is 4.65. The highest BCUT2D eigenvalue weighted by atomic mass is 31.0. The molecule has 0 radical (unpaired) electrons. The van der Waals surface area contributed by atoms with Gasteiger partial charge in [0.15, 0.2) is 5.82 Å². The minimum atomic E-state index is 0.796. The first-order chi connectivity index (χ1) is 3.30. The molecule has 0 aromatic carbocycles. The van der Waals surface area contributed by atoms with E-state index in [9.17, 15) is 0 Å². The van der Waals surface area contributed by atoms with Gasteiger partial charge in [-0.15, -0.1) is 5.10 Å². The Hall–Kier alpha value is -0.500. The lowest BCUT2D eigenvalue weighted by Crippen LogP contribution is -1.82. The maximum Gasteiger partial charge on any atom is 0.151 e. The molecule has 1 atom stereocenters. The van der Waals surface area contributed by atoms with Crippen LogP contribution in [0, 0.1) is 6.92 Å². The average Bonchev–Trinajstić information content (AvgIpc) is 1.91. The van der Waals surface area contributed by atoms with Crippen molar-refractivity contribution in [3.63, 3.8) is 0 Å². The van der Waals surface area contributed by atoms with Crippen LogP contribution in [0.1, 0.15) is 5.82 Å². The molecule has 0 aliphatic carbocycles. The molecule has 1 unspecified atom stereocenters. The number of aromatic nitrogens is 4. The SMILES string of the molecule is Cc1nnnn1P. The van der Waals surface area contributed by atoms with E-state index in [0.29, 0.717) is 0 Å². The maximum absolute atomic E-state index is 3.60. The van der Waals surface area contributed by atoms with E-state index < -0.39 is 0 Å². The van der Waals surface area contributed by atoms with Crippen LogP contribution in [0.5, 0.6) is 0 Å². The third kappa shape index (κ3) is 0.747. The van der Waals surface area contributed by atoms with Crippen molar-refractivity contribution < 1.29 is 0 Å². The van der Waals surface area contributed by atoms with E-state index in [1.165, 1.54) is 4.45 Å². The van der Waals surface area contributed by atoms with E-state index in [1.54, 1.807) is 0 Å². The predicted molar refractivity (Wildman–Crippen MR) is 27.7 cm³/mol. The summed E-state index contributed by atoms with van der Waals surface area (Å²) in [5, 5.41) is 10.5. The van der Waals surface area contributed by atoms with Gasteiger partial charge in [0.1, 0.15) is 0 Å². The second-order valence-electron chi connectivity index (χ2n) is 1.17. The lowest BCUT2D eigenvalue weighted by atomic mass is 10.8. The Balaban J connectivity index is 3.12. The van der Waals surface area contributed by atoms with E-state index in [4.69, 9.17) is 0 Å². The third-order valence-electron chi connectivity index (χ3n) is 0.657. The monoisotopic (exact) mass is 116 g/mol. The fraction of sp³-hybridized carbons (Fsp3) is 0.500.